The Morgan fingerprint density at radius 1 is 1.12 bits per heavy atom. The molecule has 0 aliphatic rings. The van der Waals surface area contributed by atoms with Crippen LogP contribution in [0.5, 0.6) is 0 Å². The zero-order valence-corrected chi connectivity index (χ0v) is 14.2. The summed E-state index contributed by atoms with van der Waals surface area (Å²) >= 11 is 0. The van der Waals surface area contributed by atoms with Gasteiger partial charge in [-0.3, -0.25) is 14.4 Å². The monoisotopic (exact) mass is 345 g/mol. The highest BCUT2D eigenvalue weighted by Crippen LogP contribution is 2.21. The van der Waals surface area contributed by atoms with E-state index < -0.39 is 5.97 Å². The molecular weight excluding hydrogens is 322 g/mol. The third kappa shape index (κ3) is 5.95. The molecule has 25 heavy (non-hydrogen) atoms. The Kier molecular flexibility index (Phi) is 6.56. The van der Waals surface area contributed by atoms with Crippen LogP contribution < -0.4 is 10.6 Å². The molecule has 2 rings (SSSR count). The van der Waals surface area contributed by atoms with Crippen molar-refractivity contribution in [2.24, 2.45) is 0 Å². The van der Waals surface area contributed by atoms with Gasteiger partial charge in [0.25, 0.3) is 0 Å². The van der Waals surface area contributed by atoms with Gasteiger partial charge < -0.3 is 20.3 Å². The van der Waals surface area contributed by atoms with Gasteiger partial charge in [0, 0.05) is 42.7 Å². The molecule has 0 spiro atoms. The Morgan fingerprint density at radius 2 is 1.92 bits per heavy atom. The molecule has 0 radical (unpaired) electrons. The van der Waals surface area contributed by atoms with Crippen molar-refractivity contribution >= 4 is 34.4 Å². The summed E-state index contributed by atoms with van der Waals surface area (Å²) in [5, 5.41) is 15.4. The smallest absolute Gasteiger partial charge is 0.323 e. The van der Waals surface area contributed by atoms with E-state index in [0.29, 0.717) is 18.7 Å². The normalized spacial score (nSPS) is 10.6. The van der Waals surface area contributed by atoms with Gasteiger partial charge in [0.1, 0.15) is 6.54 Å². The van der Waals surface area contributed by atoms with Gasteiger partial charge in [-0.15, -0.1) is 0 Å². The number of hydrogen-bond acceptors (Lipinski definition) is 3. The highest BCUT2D eigenvalue weighted by molar-refractivity contribution is 5.94. The van der Waals surface area contributed by atoms with Crippen molar-refractivity contribution in [3.63, 3.8) is 0 Å². The van der Waals surface area contributed by atoms with E-state index in [0.717, 1.165) is 30.2 Å². The number of carbonyl (C=O) groups is 3. The fourth-order valence-electron chi connectivity index (χ4n) is 2.64. The lowest BCUT2D eigenvalue weighted by Crippen LogP contribution is -2.20. The summed E-state index contributed by atoms with van der Waals surface area (Å²) in [6.07, 6.45) is 4.65. The van der Waals surface area contributed by atoms with Crippen molar-refractivity contribution in [1.82, 2.24) is 9.88 Å². The first-order chi connectivity index (χ1) is 12.0. The largest absolute Gasteiger partial charge is 0.480 e. The zero-order valence-electron chi connectivity index (χ0n) is 14.2. The summed E-state index contributed by atoms with van der Waals surface area (Å²) in [5.41, 5.74) is 1.52. The number of aromatic nitrogens is 1. The van der Waals surface area contributed by atoms with E-state index >= 15 is 0 Å². The van der Waals surface area contributed by atoms with Crippen LogP contribution in [0.25, 0.3) is 10.9 Å². The molecule has 1 aromatic carbocycles. The lowest BCUT2D eigenvalue weighted by atomic mass is 10.1. The van der Waals surface area contributed by atoms with Gasteiger partial charge in [0.05, 0.1) is 0 Å². The molecule has 7 heteroatoms. The second-order valence-electron chi connectivity index (χ2n) is 5.95. The van der Waals surface area contributed by atoms with Gasteiger partial charge in [0.2, 0.25) is 11.8 Å². The van der Waals surface area contributed by atoms with Crippen LogP contribution >= 0.6 is 0 Å². The molecule has 0 bridgehead atoms. The number of anilines is 1. The van der Waals surface area contributed by atoms with Gasteiger partial charge in [-0.1, -0.05) is 6.42 Å². The Hall–Kier alpha value is -2.83. The first-order valence-electron chi connectivity index (χ1n) is 8.30. The lowest BCUT2D eigenvalue weighted by Gasteiger charge is -2.07. The van der Waals surface area contributed by atoms with E-state index in [1.54, 1.807) is 22.9 Å². The minimum Gasteiger partial charge on any atom is -0.480 e. The maximum Gasteiger partial charge on any atom is 0.323 e. The highest BCUT2D eigenvalue weighted by Gasteiger charge is 2.07. The number of benzene rings is 1. The first kappa shape index (κ1) is 18.5. The third-order valence-electron chi connectivity index (χ3n) is 3.81. The van der Waals surface area contributed by atoms with Crippen LogP contribution in [0.1, 0.15) is 32.6 Å². The molecular formula is C18H23N3O4. The predicted octanol–water partition coefficient (Wildman–Crippen LogP) is 2.36. The van der Waals surface area contributed by atoms with Crippen molar-refractivity contribution in [1.29, 1.82) is 0 Å². The number of carbonyl (C=O) groups excluding carboxylic acids is 2. The predicted molar refractivity (Wildman–Crippen MR) is 95.4 cm³/mol. The zero-order chi connectivity index (χ0) is 18.2. The number of rotatable bonds is 9. The molecule has 0 aliphatic heterocycles. The molecule has 1 aromatic heterocycles. The van der Waals surface area contributed by atoms with E-state index in [1.807, 2.05) is 12.1 Å². The molecule has 134 valence electrons. The van der Waals surface area contributed by atoms with Crippen LogP contribution in [-0.2, 0) is 20.9 Å². The molecule has 2 amide bonds. The number of carboxylic acid groups (broad SMARTS) is 1. The number of carboxylic acids is 1. The van der Waals surface area contributed by atoms with Gasteiger partial charge in [0.15, 0.2) is 0 Å². The topological polar surface area (TPSA) is 100 Å². The van der Waals surface area contributed by atoms with E-state index in [4.69, 9.17) is 5.11 Å². The van der Waals surface area contributed by atoms with E-state index in [-0.39, 0.29) is 18.4 Å². The molecule has 0 aliphatic carbocycles. The number of nitrogens with zero attached hydrogens (tertiary/aromatic N) is 1. The van der Waals surface area contributed by atoms with Crippen LogP contribution in [0.15, 0.2) is 30.5 Å². The number of aliphatic carboxylic acids is 1. The van der Waals surface area contributed by atoms with Crippen molar-refractivity contribution in [3.8, 4) is 0 Å². The molecule has 7 nitrogen and oxygen atoms in total. The Bertz CT molecular complexity index is 767. The quantitative estimate of drug-likeness (QED) is 0.607. The van der Waals surface area contributed by atoms with E-state index in [2.05, 4.69) is 10.6 Å². The molecule has 0 saturated carbocycles. The van der Waals surface area contributed by atoms with E-state index in [1.165, 1.54) is 6.92 Å². The van der Waals surface area contributed by atoms with Crippen molar-refractivity contribution in [2.45, 2.75) is 39.2 Å². The fraction of sp³-hybridized carbons (Fsp3) is 0.389. The number of unbranched alkanes of at least 4 members (excludes halogenated alkanes) is 2. The number of amides is 2. The average Bonchev–Trinajstić information content (AvgIpc) is 2.92. The van der Waals surface area contributed by atoms with Crippen LogP contribution in [0.4, 0.5) is 5.69 Å². The van der Waals surface area contributed by atoms with Crippen molar-refractivity contribution in [3.05, 3.63) is 30.5 Å². The Labute approximate surface area is 146 Å². The van der Waals surface area contributed by atoms with Crippen LogP contribution in [-0.4, -0.2) is 34.0 Å². The molecule has 3 N–H and O–H groups in total. The second kappa shape index (κ2) is 8.86. The summed E-state index contributed by atoms with van der Waals surface area (Å²) in [7, 11) is 0. The maximum atomic E-state index is 12.0. The molecule has 0 atom stereocenters. The van der Waals surface area contributed by atoms with Crippen LogP contribution in [0.2, 0.25) is 0 Å². The van der Waals surface area contributed by atoms with Crippen molar-refractivity contribution < 1.29 is 19.5 Å². The summed E-state index contributed by atoms with van der Waals surface area (Å²) in [6, 6.07) is 7.25. The van der Waals surface area contributed by atoms with Gasteiger partial charge >= 0.3 is 5.97 Å². The number of hydrogen-bond donors (Lipinski definition) is 3. The summed E-state index contributed by atoms with van der Waals surface area (Å²) < 4.78 is 1.65. The third-order valence-corrected chi connectivity index (χ3v) is 3.81. The summed E-state index contributed by atoms with van der Waals surface area (Å²) in [4.78, 5) is 33.5. The molecule has 0 fully saturated rings. The summed E-state index contributed by atoms with van der Waals surface area (Å²) in [5.74, 6) is -0.984. The van der Waals surface area contributed by atoms with Gasteiger partial charge in [-0.25, -0.2) is 0 Å². The molecule has 2 aromatic rings. The molecule has 1 heterocycles. The second-order valence-corrected chi connectivity index (χ2v) is 5.95. The molecule has 0 unspecified atom stereocenters. The Morgan fingerprint density at radius 3 is 2.64 bits per heavy atom. The minimum atomic E-state index is -0.895. The van der Waals surface area contributed by atoms with Crippen LogP contribution in [0.3, 0.4) is 0 Å². The SMILES string of the molecule is CC(=O)NCCCCCC(=O)Nc1ccc2c(ccn2CC(=O)O)c1. The van der Waals surface area contributed by atoms with Gasteiger partial charge in [-0.05, 0) is 37.1 Å². The standard InChI is InChI=1S/C18H23N3O4/c1-13(22)19-9-4-2-3-5-17(23)20-15-6-7-16-14(11-15)8-10-21(16)12-18(24)25/h6-8,10-11H,2-5,9,12H2,1H3,(H,19,22)(H,20,23)(H,24,25). The summed E-state index contributed by atoms with van der Waals surface area (Å²) in [6.45, 7) is 2.04. The maximum absolute atomic E-state index is 12.0. The number of nitrogens with one attached hydrogen (secondary N) is 2. The van der Waals surface area contributed by atoms with Crippen molar-refractivity contribution in [2.75, 3.05) is 11.9 Å². The number of fused-ring (bicyclic) bond motifs is 1. The lowest BCUT2D eigenvalue weighted by molar-refractivity contribution is -0.137. The average molecular weight is 345 g/mol. The van der Waals surface area contributed by atoms with Crippen LogP contribution in [0, 0.1) is 0 Å². The van der Waals surface area contributed by atoms with Gasteiger partial charge in [-0.2, -0.15) is 0 Å². The fourth-order valence-corrected chi connectivity index (χ4v) is 2.64. The minimum absolute atomic E-state index is 0.0367. The first-order valence-corrected chi connectivity index (χ1v) is 8.30. The highest BCUT2D eigenvalue weighted by atomic mass is 16.4. The van der Waals surface area contributed by atoms with E-state index in [9.17, 15) is 14.4 Å². The Balaban J connectivity index is 1.81. The molecule has 0 saturated heterocycles.